The number of hydrogen-bond acceptors (Lipinski definition) is 9. The molecule has 11 heteroatoms. The number of pyridine rings is 1. The van der Waals surface area contributed by atoms with Crippen molar-refractivity contribution in [3.63, 3.8) is 0 Å². The van der Waals surface area contributed by atoms with Crippen LogP contribution in [0.25, 0.3) is 0 Å². The van der Waals surface area contributed by atoms with Gasteiger partial charge in [-0.05, 0) is 43.7 Å². The molecule has 5 atom stereocenters. The van der Waals surface area contributed by atoms with Crippen LogP contribution in [0.15, 0.2) is 34.5 Å². The van der Waals surface area contributed by atoms with E-state index in [1.54, 1.807) is 38.1 Å². The number of hydrogen-bond donors (Lipinski definition) is 4. The van der Waals surface area contributed by atoms with Gasteiger partial charge in [-0.1, -0.05) is 23.8 Å². The highest BCUT2D eigenvalue weighted by atomic mass is 35.5. The molecule has 164 valence electrons. The molecule has 0 bridgehead atoms. The van der Waals surface area contributed by atoms with Crippen molar-refractivity contribution in [2.24, 2.45) is 10.2 Å². The topological polar surface area (TPSA) is 144 Å². The quantitative estimate of drug-likeness (QED) is 0.402. The van der Waals surface area contributed by atoms with Crippen LogP contribution in [0.1, 0.15) is 23.0 Å². The minimum atomic E-state index is -1.59. The number of rotatable bonds is 4. The normalized spacial score (nSPS) is 26.2. The number of benzene rings is 1. The van der Waals surface area contributed by atoms with Gasteiger partial charge in [0.15, 0.2) is 6.23 Å². The zero-order chi connectivity index (χ0) is 22.9. The van der Waals surface area contributed by atoms with Gasteiger partial charge in [0.05, 0.1) is 17.9 Å². The van der Waals surface area contributed by atoms with E-state index in [4.69, 9.17) is 28.6 Å². The van der Waals surface area contributed by atoms with Crippen molar-refractivity contribution in [1.82, 2.24) is 4.57 Å². The first-order chi connectivity index (χ1) is 14.7. The maximum atomic E-state index is 10.5. The van der Waals surface area contributed by atoms with E-state index in [9.17, 15) is 25.7 Å². The average molecular weight is 465 g/mol. The van der Waals surface area contributed by atoms with Crippen LogP contribution in [0.5, 0.6) is 0 Å². The molecular formula is C20H21ClN4O5S. The predicted molar refractivity (Wildman–Crippen MR) is 114 cm³/mol. The van der Waals surface area contributed by atoms with Gasteiger partial charge < -0.3 is 29.7 Å². The summed E-state index contributed by atoms with van der Waals surface area (Å²) in [6, 6.07) is 8.71. The number of azo groups is 1. The Morgan fingerprint density at radius 2 is 1.77 bits per heavy atom. The smallest absolute Gasteiger partial charge is 0.164 e. The van der Waals surface area contributed by atoms with Crippen molar-refractivity contribution in [2.75, 3.05) is 6.61 Å². The van der Waals surface area contributed by atoms with Crippen LogP contribution >= 0.6 is 23.8 Å². The van der Waals surface area contributed by atoms with Crippen molar-refractivity contribution in [3.05, 3.63) is 50.7 Å². The number of aliphatic hydroxyl groups excluding tert-OH is 4. The van der Waals surface area contributed by atoms with Gasteiger partial charge >= 0.3 is 0 Å². The number of nitriles is 1. The summed E-state index contributed by atoms with van der Waals surface area (Å²) in [5.74, 6) is 0. The van der Waals surface area contributed by atoms with E-state index in [1.807, 2.05) is 6.07 Å². The van der Waals surface area contributed by atoms with Crippen molar-refractivity contribution < 1.29 is 25.2 Å². The first kappa shape index (κ1) is 23.4. The molecular weight excluding hydrogens is 444 g/mol. The van der Waals surface area contributed by atoms with E-state index in [0.717, 1.165) is 0 Å². The monoisotopic (exact) mass is 464 g/mol. The van der Waals surface area contributed by atoms with Gasteiger partial charge in [0.1, 0.15) is 40.8 Å². The Kier molecular flexibility index (Phi) is 7.18. The molecule has 0 radical (unpaired) electrons. The molecule has 1 fully saturated rings. The second-order valence-corrected chi connectivity index (χ2v) is 7.94. The van der Waals surface area contributed by atoms with Crippen LogP contribution in [-0.4, -0.2) is 56.0 Å². The Hall–Kier alpha value is -2.23. The zero-order valence-corrected chi connectivity index (χ0v) is 18.2. The molecule has 0 unspecified atom stereocenters. The lowest BCUT2D eigenvalue weighted by Gasteiger charge is -2.41. The number of halogens is 1. The molecule has 0 aliphatic carbocycles. The van der Waals surface area contributed by atoms with E-state index in [1.165, 1.54) is 4.57 Å². The lowest BCUT2D eigenvalue weighted by molar-refractivity contribution is -0.252. The lowest BCUT2D eigenvalue weighted by atomic mass is 9.97. The van der Waals surface area contributed by atoms with E-state index >= 15 is 0 Å². The molecule has 1 aromatic heterocycles. The second-order valence-electron chi connectivity index (χ2n) is 7.12. The van der Waals surface area contributed by atoms with Crippen LogP contribution in [0.2, 0.25) is 5.02 Å². The molecule has 4 N–H and O–H groups in total. The summed E-state index contributed by atoms with van der Waals surface area (Å²) < 4.78 is 7.05. The number of aliphatic hydroxyl groups is 4. The summed E-state index contributed by atoms with van der Waals surface area (Å²) in [5.41, 5.74) is 1.90. The summed E-state index contributed by atoms with van der Waals surface area (Å²) in [4.78, 5) is 0. The fourth-order valence-electron chi connectivity index (χ4n) is 3.43. The van der Waals surface area contributed by atoms with Crippen LogP contribution in [0.3, 0.4) is 0 Å². The molecule has 2 heterocycles. The molecule has 1 aliphatic rings. The summed E-state index contributed by atoms with van der Waals surface area (Å²) in [5, 5.41) is 59.0. The Bertz CT molecular complexity index is 1100. The van der Waals surface area contributed by atoms with Crippen LogP contribution in [0.4, 0.5) is 11.4 Å². The van der Waals surface area contributed by atoms with Gasteiger partial charge in [-0.15, -0.1) is 5.11 Å². The Morgan fingerprint density at radius 1 is 1.13 bits per heavy atom. The maximum absolute atomic E-state index is 10.5. The molecule has 0 spiro atoms. The SMILES string of the molecule is Cc1c(N=Nc2ccc(Cl)cc2)c(C)n([C@@H]2O[C@H](CO)[C@H](O)[C@H](O)[C@H]2O)c(=S)c1C#N. The summed E-state index contributed by atoms with van der Waals surface area (Å²) in [6.07, 6.45) is -7.08. The molecule has 31 heavy (non-hydrogen) atoms. The summed E-state index contributed by atoms with van der Waals surface area (Å²) in [7, 11) is 0. The Balaban J connectivity index is 2.15. The highest BCUT2D eigenvalue weighted by Crippen LogP contribution is 2.36. The fourth-order valence-corrected chi connectivity index (χ4v) is 4.00. The van der Waals surface area contributed by atoms with Crippen molar-refractivity contribution in [2.45, 2.75) is 44.5 Å². The molecule has 0 saturated carbocycles. The lowest BCUT2D eigenvalue weighted by Crippen LogP contribution is -2.56. The first-order valence-corrected chi connectivity index (χ1v) is 10.1. The summed E-state index contributed by atoms with van der Waals surface area (Å²) >= 11 is 11.3. The molecule has 3 rings (SSSR count). The van der Waals surface area contributed by atoms with Gasteiger partial charge in [-0.2, -0.15) is 10.4 Å². The van der Waals surface area contributed by atoms with Crippen molar-refractivity contribution in [3.8, 4) is 6.07 Å². The zero-order valence-electron chi connectivity index (χ0n) is 16.7. The van der Waals surface area contributed by atoms with Gasteiger partial charge in [-0.25, -0.2) is 0 Å². The van der Waals surface area contributed by atoms with Crippen LogP contribution in [-0.2, 0) is 4.74 Å². The van der Waals surface area contributed by atoms with Crippen LogP contribution < -0.4 is 0 Å². The van der Waals surface area contributed by atoms with Crippen molar-refractivity contribution in [1.29, 1.82) is 5.26 Å². The number of nitrogens with zero attached hydrogens (tertiary/aromatic N) is 4. The van der Waals surface area contributed by atoms with Gasteiger partial charge in [0.25, 0.3) is 0 Å². The molecule has 9 nitrogen and oxygen atoms in total. The van der Waals surface area contributed by atoms with E-state index < -0.39 is 37.3 Å². The minimum absolute atomic E-state index is 0.0623. The van der Waals surface area contributed by atoms with Crippen LogP contribution in [0, 0.1) is 29.8 Å². The molecule has 1 saturated heterocycles. The fraction of sp³-hybridized carbons (Fsp3) is 0.400. The predicted octanol–water partition coefficient (Wildman–Crippen LogP) is 2.75. The van der Waals surface area contributed by atoms with E-state index in [-0.39, 0.29) is 10.2 Å². The van der Waals surface area contributed by atoms with Crippen molar-refractivity contribution >= 4 is 35.2 Å². The molecule has 2 aromatic rings. The second kappa shape index (κ2) is 9.50. The standard InChI is InChI=1S/C20H21ClN4O5S/c1-9-13(7-22)20(31)25(19-18(29)17(28)16(27)14(8-26)30-19)10(2)15(9)24-23-12-5-3-11(21)4-6-12/h3-6,14,16-19,26-29H,8H2,1-2H3/t14-,16+,17+,18-,19-/m1/s1. The van der Waals surface area contributed by atoms with E-state index in [0.29, 0.717) is 27.7 Å². The highest BCUT2D eigenvalue weighted by molar-refractivity contribution is 7.71. The Morgan fingerprint density at radius 3 is 2.35 bits per heavy atom. The minimum Gasteiger partial charge on any atom is -0.394 e. The third-order valence-electron chi connectivity index (χ3n) is 5.19. The highest BCUT2D eigenvalue weighted by Gasteiger charge is 2.45. The van der Waals surface area contributed by atoms with E-state index in [2.05, 4.69) is 10.2 Å². The Labute approximate surface area is 188 Å². The molecule has 1 aromatic carbocycles. The average Bonchev–Trinajstić information content (AvgIpc) is 2.75. The molecule has 1 aliphatic heterocycles. The third kappa shape index (κ3) is 4.40. The number of ether oxygens (including phenoxy) is 1. The van der Waals surface area contributed by atoms with Gasteiger partial charge in [0, 0.05) is 10.7 Å². The third-order valence-corrected chi connectivity index (χ3v) is 5.85. The first-order valence-electron chi connectivity index (χ1n) is 9.34. The maximum Gasteiger partial charge on any atom is 0.164 e. The van der Waals surface area contributed by atoms with Gasteiger partial charge in [-0.3, -0.25) is 0 Å². The largest absolute Gasteiger partial charge is 0.394 e. The number of aromatic nitrogens is 1. The van der Waals surface area contributed by atoms with Gasteiger partial charge in [0.2, 0.25) is 0 Å². The molecule has 0 amide bonds. The summed E-state index contributed by atoms with van der Waals surface area (Å²) in [6.45, 7) is 2.74.